The summed E-state index contributed by atoms with van der Waals surface area (Å²) in [5.41, 5.74) is 3.18. The zero-order chi connectivity index (χ0) is 16.4. The van der Waals surface area contributed by atoms with Gasteiger partial charge in [-0.2, -0.15) is 0 Å². The molecule has 0 spiro atoms. The zero-order valence-corrected chi connectivity index (χ0v) is 14.6. The van der Waals surface area contributed by atoms with Crippen molar-refractivity contribution in [1.29, 1.82) is 0 Å². The van der Waals surface area contributed by atoms with E-state index in [0.29, 0.717) is 11.6 Å². The van der Waals surface area contributed by atoms with Crippen LogP contribution in [0.25, 0.3) is 0 Å². The van der Waals surface area contributed by atoms with Gasteiger partial charge in [0.25, 0.3) is 0 Å². The van der Waals surface area contributed by atoms with E-state index in [4.69, 9.17) is 0 Å². The van der Waals surface area contributed by atoms with Gasteiger partial charge < -0.3 is 5.32 Å². The number of nitrogens with one attached hydrogen (secondary N) is 1. The largest absolute Gasteiger partial charge is 0.311 e. The van der Waals surface area contributed by atoms with Gasteiger partial charge in [0, 0.05) is 31.2 Å². The lowest BCUT2D eigenvalue weighted by Crippen LogP contribution is -2.64. The highest BCUT2D eigenvalue weighted by Gasteiger charge is 2.48. The number of nitrogens with zero attached hydrogens (tertiary/aromatic N) is 1. The molecule has 2 fully saturated rings. The van der Waals surface area contributed by atoms with Gasteiger partial charge in [-0.05, 0) is 43.2 Å². The lowest BCUT2D eigenvalue weighted by atomic mass is 9.88. The normalized spacial score (nSPS) is 28.0. The van der Waals surface area contributed by atoms with Crippen LogP contribution in [-0.4, -0.2) is 29.6 Å². The van der Waals surface area contributed by atoms with Crippen molar-refractivity contribution in [3.05, 3.63) is 71.8 Å². The van der Waals surface area contributed by atoms with Crippen molar-refractivity contribution in [3.8, 4) is 0 Å². The molecular weight excluding hydrogens is 292 g/mol. The molecule has 1 N–H and O–H groups in total. The van der Waals surface area contributed by atoms with Crippen molar-refractivity contribution >= 4 is 0 Å². The second-order valence-corrected chi connectivity index (χ2v) is 7.77. The molecule has 1 saturated carbocycles. The highest BCUT2D eigenvalue weighted by Crippen LogP contribution is 2.44. The topological polar surface area (TPSA) is 15.3 Å². The molecule has 2 atom stereocenters. The van der Waals surface area contributed by atoms with E-state index >= 15 is 0 Å². The van der Waals surface area contributed by atoms with Crippen molar-refractivity contribution in [1.82, 2.24) is 10.2 Å². The maximum absolute atomic E-state index is 3.85. The van der Waals surface area contributed by atoms with Gasteiger partial charge in [0.15, 0.2) is 0 Å². The maximum atomic E-state index is 3.85. The van der Waals surface area contributed by atoms with Gasteiger partial charge >= 0.3 is 0 Å². The fourth-order valence-electron chi connectivity index (χ4n) is 4.19. The van der Waals surface area contributed by atoms with Crippen LogP contribution < -0.4 is 5.32 Å². The summed E-state index contributed by atoms with van der Waals surface area (Å²) in [6, 6.07) is 22.4. The summed E-state index contributed by atoms with van der Waals surface area (Å²) in [7, 11) is 0. The van der Waals surface area contributed by atoms with E-state index in [1.807, 2.05) is 0 Å². The Hall–Kier alpha value is -1.64. The third-order valence-corrected chi connectivity index (χ3v) is 5.91. The number of rotatable bonds is 5. The number of hydrogen-bond acceptors (Lipinski definition) is 2. The van der Waals surface area contributed by atoms with Crippen molar-refractivity contribution in [3.63, 3.8) is 0 Å². The Labute approximate surface area is 145 Å². The molecule has 1 saturated heterocycles. The summed E-state index contributed by atoms with van der Waals surface area (Å²) >= 11 is 0. The minimum atomic E-state index is 0.309. The minimum Gasteiger partial charge on any atom is -0.311 e. The molecule has 1 heterocycles. The van der Waals surface area contributed by atoms with Crippen LogP contribution in [-0.2, 0) is 13.0 Å². The van der Waals surface area contributed by atoms with Gasteiger partial charge in [-0.25, -0.2) is 0 Å². The Kier molecular flexibility index (Phi) is 4.43. The first kappa shape index (κ1) is 15.9. The average Bonchev–Trinajstić information content (AvgIpc) is 3.45. The second-order valence-electron chi connectivity index (χ2n) is 7.77. The third kappa shape index (κ3) is 3.40. The quantitative estimate of drug-likeness (QED) is 0.899. The van der Waals surface area contributed by atoms with Gasteiger partial charge in [0.1, 0.15) is 0 Å². The number of benzene rings is 2. The van der Waals surface area contributed by atoms with Crippen molar-refractivity contribution in [2.24, 2.45) is 5.92 Å². The lowest BCUT2D eigenvalue weighted by Gasteiger charge is -2.49. The highest BCUT2D eigenvalue weighted by molar-refractivity contribution is 5.19. The predicted molar refractivity (Wildman–Crippen MR) is 99.9 cm³/mol. The molecule has 0 bridgehead atoms. The summed E-state index contributed by atoms with van der Waals surface area (Å²) in [6.07, 6.45) is 3.91. The molecule has 2 unspecified atom stereocenters. The molecule has 0 radical (unpaired) electrons. The molecule has 1 aliphatic carbocycles. The lowest BCUT2D eigenvalue weighted by molar-refractivity contribution is 0.0278. The first-order valence-corrected chi connectivity index (χ1v) is 9.30. The summed E-state index contributed by atoms with van der Waals surface area (Å²) in [5, 5.41) is 3.85. The third-order valence-electron chi connectivity index (χ3n) is 5.91. The number of hydrogen-bond donors (Lipinski definition) is 1. The number of piperazine rings is 1. The van der Waals surface area contributed by atoms with E-state index in [-0.39, 0.29) is 0 Å². The van der Waals surface area contributed by atoms with Crippen LogP contribution >= 0.6 is 0 Å². The standard InChI is InChI=1S/C22H28N2/c1-22(20-12-13-20)17-23-21(14-18-8-4-2-5-9-18)16-24(22)15-19-10-6-3-7-11-19/h2-11,20-21,23H,12-17H2,1H3. The van der Waals surface area contributed by atoms with Gasteiger partial charge in [-0.3, -0.25) is 4.90 Å². The minimum absolute atomic E-state index is 0.309. The van der Waals surface area contributed by atoms with Crippen molar-refractivity contribution < 1.29 is 0 Å². The molecule has 2 aromatic rings. The predicted octanol–water partition coefficient (Wildman–Crippen LogP) is 3.87. The van der Waals surface area contributed by atoms with Crippen LogP contribution in [0, 0.1) is 5.92 Å². The van der Waals surface area contributed by atoms with Gasteiger partial charge in [0.05, 0.1) is 0 Å². The zero-order valence-electron chi connectivity index (χ0n) is 14.6. The summed E-state index contributed by atoms with van der Waals surface area (Å²) < 4.78 is 0. The summed E-state index contributed by atoms with van der Waals surface area (Å²) in [4.78, 5) is 2.75. The summed E-state index contributed by atoms with van der Waals surface area (Å²) in [5.74, 6) is 0.867. The summed E-state index contributed by atoms with van der Waals surface area (Å²) in [6.45, 7) is 5.79. The fraction of sp³-hybridized carbons (Fsp3) is 0.455. The molecule has 24 heavy (non-hydrogen) atoms. The molecule has 0 aromatic heterocycles. The van der Waals surface area contributed by atoms with E-state index in [2.05, 4.69) is 77.8 Å². The average molecular weight is 320 g/mol. The Morgan fingerprint density at radius 2 is 1.58 bits per heavy atom. The van der Waals surface area contributed by atoms with E-state index < -0.39 is 0 Å². The van der Waals surface area contributed by atoms with E-state index in [9.17, 15) is 0 Å². The Bertz CT molecular complexity index is 650. The molecule has 1 aliphatic heterocycles. The fourth-order valence-corrected chi connectivity index (χ4v) is 4.19. The smallest absolute Gasteiger partial charge is 0.0338 e. The molecule has 4 rings (SSSR count). The molecule has 2 aliphatic rings. The van der Waals surface area contributed by atoms with Crippen LogP contribution in [0.4, 0.5) is 0 Å². The van der Waals surface area contributed by atoms with Gasteiger partial charge in [0.2, 0.25) is 0 Å². The first-order chi connectivity index (χ1) is 11.7. The molecule has 0 amide bonds. The molecule has 2 heteroatoms. The van der Waals surface area contributed by atoms with Gasteiger partial charge in [-0.15, -0.1) is 0 Å². The molecule has 2 nitrogen and oxygen atoms in total. The van der Waals surface area contributed by atoms with Crippen LogP contribution in [0.3, 0.4) is 0 Å². The molecule has 2 aromatic carbocycles. The van der Waals surface area contributed by atoms with Crippen LogP contribution in [0.15, 0.2) is 60.7 Å². The van der Waals surface area contributed by atoms with Gasteiger partial charge in [-0.1, -0.05) is 60.7 Å². The Balaban J connectivity index is 1.49. The van der Waals surface area contributed by atoms with Crippen LogP contribution in [0.2, 0.25) is 0 Å². The second kappa shape index (κ2) is 6.70. The first-order valence-electron chi connectivity index (χ1n) is 9.30. The monoisotopic (exact) mass is 320 g/mol. The van der Waals surface area contributed by atoms with Crippen LogP contribution in [0.1, 0.15) is 30.9 Å². The Morgan fingerprint density at radius 3 is 2.21 bits per heavy atom. The molecular formula is C22H28N2. The molecule has 126 valence electrons. The van der Waals surface area contributed by atoms with Crippen molar-refractivity contribution in [2.75, 3.05) is 13.1 Å². The van der Waals surface area contributed by atoms with Crippen LogP contribution in [0.5, 0.6) is 0 Å². The highest BCUT2D eigenvalue weighted by atomic mass is 15.3. The van der Waals surface area contributed by atoms with E-state index in [1.54, 1.807) is 0 Å². The maximum Gasteiger partial charge on any atom is 0.0338 e. The SMILES string of the molecule is CC1(C2CC2)CNC(Cc2ccccc2)CN1Cc1ccccc1. The van der Waals surface area contributed by atoms with E-state index in [0.717, 1.165) is 32.0 Å². The van der Waals surface area contributed by atoms with Crippen molar-refractivity contribution in [2.45, 2.75) is 44.3 Å². The Morgan fingerprint density at radius 1 is 0.958 bits per heavy atom. The van der Waals surface area contributed by atoms with E-state index in [1.165, 1.54) is 24.0 Å².